The first-order valence-corrected chi connectivity index (χ1v) is 6.23. The Morgan fingerprint density at radius 2 is 1.78 bits per heavy atom. The molecular formula is C18H16. The van der Waals surface area contributed by atoms with Crippen LogP contribution in [-0.4, -0.2) is 0 Å². The molecule has 2 aromatic rings. The molecule has 2 aromatic carbocycles. The third-order valence-corrected chi connectivity index (χ3v) is 3.60. The molecule has 1 aliphatic rings. The first kappa shape index (κ1) is 11.0. The first-order chi connectivity index (χ1) is 8.66. The van der Waals surface area contributed by atoms with Gasteiger partial charge in [0.25, 0.3) is 0 Å². The molecule has 3 rings (SSSR count). The molecule has 0 fully saturated rings. The van der Waals surface area contributed by atoms with E-state index in [4.69, 9.17) is 0 Å². The van der Waals surface area contributed by atoms with Crippen molar-refractivity contribution >= 4 is 11.1 Å². The van der Waals surface area contributed by atoms with Gasteiger partial charge in [-0.3, -0.25) is 0 Å². The normalized spacial score (nSPS) is 12.8. The van der Waals surface area contributed by atoms with Crippen LogP contribution in [0.4, 0.5) is 0 Å². The smallest absolute Gasteiger partial charge is 0.00193 e. The quantitative estimate of drug-likeness (QED) is 0.652. The van der Waals surface area contributed by atoms with Crippen LogP contribution in [0.5, 0.6) is 0 Å². The van der Waals surface area contributed by atoms with E-state index in [1.807, 2.05) is 6.92 Å². The molecular weight excluding hydrogens is 216 g/mol. The van der Waals surface area contributed by atoms with Crippen molar-refractivity contribution < 1.29 is 0 Å². The van der Waals surface area contributed by atoms with Crippen molar-refractivity contribution in [3.63, 3.8) is 0 Å². The molecule has 0 atom stereocenters. The van der Waals surface area contributed by atoms with E-state index >= 15 is 0 Å². The van der Waals surface area contributed by atoms with Crippen LogP contribution in [0.25, 0.3) is 22.3 Å². The molecule has 0 spiro atoms. The van der Waals surface area contributed by atoms with E-state index in [1.54, 1.807) is 0 Å². The Hall–Kier alpha value is -2.08. The summed E-state index contributed by atoms with van der Waals surface area (Å²) in [7, 11) is 0. The van der Waals surface area contributed by atoms with Gasteiger partial charge in [-0.25, -0.2) is 0 Å². The van der Waals surface area contributed by atoms with E-state index in [2.05, 4.69) is 55.6 Å². The SMILES string of the molecule is C=C(C)c1ccc2c(c1)C(=C)Cc1ccccc1-2. The van der Waals surface area contributed by atoms with Crippen LogP contribution in [-0.2, 0) is 6.42 Å². The minimum atomic E-state index is 0.947. The van der Waals surface area contributed by atoms with E-state index in [0.717, 1.165) is 12.0 Å². The second-order valence-electron chi connectivity index (χ2n) is 4.98. The zero-order valence-electron chi connectivity index (χ0n) is 10.7. The van der Waals surface area contributed by atoms with Crippen LogP contribution in [0.2, 0.25) is 0 Å². The molecule has 0 nitrogen and oxygen atoms in total. The van der Waals surface area contributed by atoms with Crippen LogP contribution in [0.15, 0.2) is 55.6 Å². The summed E-state index contributed by atoms with van der Waals surface area (Å²) in [5, 5.41) is 0. The molecule has 0 saturated carbocycles. The van der Waals surface area contributed by atoms with E-state index in [-0.39, 0.29) is 0 Å². The molecule has 0 aromatic heterocycles. The van der Waals surface area contributed by atoms with Crippen LogP contribution in [0, 0.1) is 0 Å². The molecule has 18 heavy (non-hydrogen) atoms. The van der Waals surface area contributed by atoms with Gasteiger partial charge in [-0.2, -0.15) is 0 Å². The fourth-order valence-electron chi connectivity index (χ4n) is 2.60. The van der Waals surface area contributed by atoms with Crippen molar-refractivity contribution in [2.45, 2.75) is 13.3 Å². The minimum Gasteiger partial charge on any atom is -0.0955 e. The summed E-state index contributed by atoms with van der Waals surface area (Å²) in [4.78, 5) is 0. The Balaban J connectivity index is 2.26. The summed E-state index contributed by atoms with van der Waals surface area (Å²) in [6.07, 6.45) is 0.947. The molecule has 0 bridgehead atoms. The largest absolute Gasteiger partial charge is 0.0955 e. The van der Waals surface area contributed by atoms with Gasteiger partial charge in [-0.1, -0.05) is 55.1 Å². The maximum Gasteiger partial charge on any atom is -0.00193 e. The van der Waals surface area contributed by atoms with E-state index in [0.29, 0.717) is 0 Å². The molecule has 0 aliphatic heterocycles. The Labute approximate surface area is 108 Å². The molecule has 1 aliphatic carbocycles. The highest BCUT2D eigenvalue weighted by Crippen LogP contribution is 2.39. The van der Waals surface area contributed by atoms with Gasteiger partial charge >= 0.3 is 0 Å². The summed E-state index contributed by atoms with van der Waals surface area (Å²) in [6, 6.07) is 15.1. The van der Waals surface area contributed by atoms with Crippen molar-refractivity contribution in [3.8, 4) is 11.1 Å². The van der Waals surface area contributed by atoms with Gasteiger partial charge in [0.05, 0.1) is 0 Å². The fourth-order valence-corrected chi connectivity index (χ4v) is 2.60. The number of fused-ring (bicyclic) bond motifs is 3. The Bertz CT molecular complexity index is 659. The lowest BCUT2D eigenvalue weighted by Gasteiger charge is -2.22. The highest BCUT2D eigenvalue weighted by atomic mass is 14.2. The summed E-state index contributed by atoms with van der Waals surface area (Å²) >= 11 is 0. The molecule has 0 amide bonds. The third-order valence-electron chi connectivity index (χ3n) is 3.60. The number of allylic oxidation sites excluding steroid dienone is 2. The Morgan fingerprint density at radius 3 is 2.56 bits per heavy atom. The van der Waals surface area contributed by atoms with Crippen LogP contribution < -0.4 is 0 Å². The summed E-state index contributed by atoms with van der Waals surface area (Å²) < 4.78 is 0. The van der Waals surface area contributed by atoms with Crippen molar-refractivity contribution in [1.29, 1.82) is 0 Å². The predicted molar refractivity (Wildman–Crippen MR) is 79.3 cm³/mol. The Kier molecular flexibility index (Phi) is 2.45. The lowest BCUT2D eigenvalue weighted by atomic mass is 9.82. The number of hydrogen-bond donors (Lipinski definition) is 0. The van der Waals surface area contributed by atoms with Crippen LogP contribution in [0.1, 0.15) is 23.6 Å². The highest BCUT2D eigenvalue weighted by molar-refractivity contribution is 5.89. The molecule has 0 heteroatoms. The number of benzene rings is 2. The van der Waals surface area contributed by atoms with Crippen LogP contribution in [0.3, 0.4) is 0 Å². The topological polar surface area (TPSA) is 0 Å². The fraction of sp³-hybridized carbons (Fsp3) is 0.111. The van der Waals surface area contributed by atoms with Crippen molar-refractivity contribution in [2.75, 3.05) is 0 Å². The molecule has 88 valence electrons. The summed E-state index contributed by atoms with van der Waals surface area (Å²) in [5.74, 6) is 0. The lowest BCUT2D eigenvalue weighted by molar-refractivity contribution is 1.25. The van der Waals surface area contributed by atoms with Gasteiger partial charge in [0.1, 0.15) is 0 Å². The molecule has 0 unspecified atom stereocenters. The maximum absolute atomic E-state index is 4.23. The van der Waals surface area contributed by atoms with Gasteiger partial charge in [-0.05, 0) is 52.8 Å². The molecule has 0 saturated heterocycles. The maximum atomic E-state index is 4.23. The second-order valence-corrected chi connectivity index (χ2v) is 4.98. The van der Waals surface area contributed by atoms with Crippen molar-refractivity contribution in [2.24, 2.45) is 0 Å². The monoisotopic (exact) mass is 232 g/mol. The third kappa shape index (κ3) is 1.62. The van der Waals surface area contributed by atoms with Gasteiger partial charge in [0, 0.05) is 0 Å². The lowest BCUT2D eigenvalue weighted by Crippen LogP contribution is -2.02. The minimum absolute atomic E-state index is 0.947. The average Bonchev–Trinajstić information content (AvgIpc) is 2.38. The van der Waals surface area contributed by atoms with Crippen LogP contribution >= 0.6 is 0 Å². The zero-order chi connectivity index (χ0) is 12.7. The van der Waals surface area contributed by atoms with Crippen molar-refractivity contribution in [1.82, 2.24) is 0 Å². The van der Waals surface area contributed by atoms with Gasteiger partial charge in [0.2, 0.25) is 0 Å². The summed E-state index contributed by atoms with van der Waals surface area (Å²) in [6.45, 7) is 10.3. The van der Waals surface area contributed by atoms with Gasteiger partial charge in [0.15, 0.2) is 0 Å². The van der Waals surface area contributed by atoms with E-state index < -0.39 is 0 Å². The highest BCUT2D eigenvalue weighted by Gasteiger charge is 2.18. The van der Waals surface area contributed by atoms with Gasteiger partial charge in [-0.15, -0.1) is 0 Å². The standard InChI is InChI=1S/C18H16/c1-12(2)14-8-9-17-16-7-5-4-6-15(16)10-13(3)18(17)11-14/h4-9,11H,1,3,10H2,2H3. The summed E-state index contributed by atoms with van der Waals surface area (Å²) in [5.41, 5.74) is 8.79. The molecule has 0 heterocycles. The Morgan fingerprint density at radius 1 is 1.00 bits per heavy atom. The van der Waals surface area contributed by atoms with E-state index in [1.165, 1.54) is 33.4 Å². The predicted octanol–water partition coefficient (Wildman–Crippen LogP) is 4.96. The zero-order valence-corrected chi connectivity index (χ0v) is 10.7. The number of rotatable bonds is 1. The van der Waals surface area contributed by atoms with Crippen molar-refractivity contribution in [3.05, 3.63) is 72.3 Å². The average molecular weight is 232 g/mol. The number of hydrogen-bond acceptors (Lipinski definition) is 0. The first-order valence-electron chi connectivity index (χ1n) is 6.23. The molecule has 0 radical (unpaired) electrons. The second kappa shape index (κ2) is 3.99. The molecule has 0 N–H and O–H groups in total. The van der Waals surface area contributed by atoms with E-state index in [9.17, 15) is 0 Å². The van der Waals surface area contributed by atoms with Gasteiger partial charge < -0.3 is 0 Å².